The molecule has 1 amide bonds. The van der Waals surface area contributed by atoms with Gasteiger partial charge in [-0.1, -0.05) is 0 Å². The molecule has 23 heavy (non-hydrogen) atoms. The number of H-pyrrole nitrogens is 1. The number of aromatic amines is 1. The predicted octanol–water partition coefficient (Wildman–Crippen LogP) is 1.55. The van der Waals surface area contributed by atoms with Crippen LogP contribution in [0.1, 0.15) is 12.0 Å². The number of aromatic nitrogens is 1. The minimum Gasteiger partial charge on any atom is -0.481 e. The van der Waals surface area contributed by atoms with Crippen LogP contribution in [0.2, 0.25) is 0 Å². The molecule has 2 heterocycles. The number of carboxylic acid groups (broad SMARTS) is 1. The van der Waals surface area contributed by atoms with Gasteiger partial charge in [0.25, 0.3) is 0 Å². The van der Waals surface area contributed by atoms with Gasteiger partial charge in [-0.25, -0.2) is 4.39 Å². The third kappa shape index (κ3) is 3.50. The summed E-state index contributed by atoms with van der Waals surface area (Å²) in [6.45, 7) is 1.03. The summed E-state index contributed by atoms with van der Waals surface area (Å²) in [6.07, 6.45) is 1.24. The van der Waals surface area contributed by atoms with E-state index in [4.69, 9.17) is 9.84 Å². The second-order valence-electron chi connectivity index (χ2n) is 5.61. The number of nitrogens with one attached hydrogen (secondary N) is 1. The third-order valence-corrected chi connectivity index (χ3v) is 3.96. The molecule has 1 aliphatic rings. The summed E-state index contributed by atoms with van der Waals surface area (Å²) in [5.41, 5.74) is 1.51. The van der Waals surface area contributed by atoms with Crippen molar-refractivity contribution in [1.82, 2.24) is 9.88 Å². The summed E-state index contributed by atoms with van der Waals surface area (Å²) >= 11 is 0. The molecule has 1 aromatic carbocycles. The highest BCUT2D eigenvalue weighted by molar-refractivity contribution is 5.89. The average molecular weight is 320 g/mol. The Morgan fingerprint density at radius 2 is 2.26 bits per heavy atom. The maximum atomic E-state index is 13.4. The van der Waals surface area contributed by atoms with Crippen LogP contribution in [0.15, 0.2) is 24.4 Å². The molecule has 6 nitrogen and oxygen atoms in total. The van der Waals surface area contributed by atoms with Gasteiger partial charge in [-0.05, 0) is 23.8 Å². The van der Waals surface area contributed by atoms with Gasteiger partial charge in [0.05, 0.1) is 25.6 Å². The Labute approximate surface area is 131 Å². The van der Waals surface area contributed by atoms with Gasteiger partial charge in [0.2, 0.25) is 5.91 Å². The van der Waals surface area contributed by atoms with Crippen LogP contribution in [-0.2, 0) is 20.7 Å². The first kappa shape index (κ1) is 15.5. The van der Waals surface area contributed by atoms with Crippen LogP contribution < -0.4 is 0 Å². The second-order valence-corrected chi connectivity index (χ2v) is 5.61. The topological polar surface area (TPSA) is 82.6 Å². The number of fused-ring (bicyclic) bond motifs is 1. The Morgan fingerprint density at radius 3 is 3.04 bits per heavy atom. The Kier molecular flexibility index (Phi) is 4.29. The fourth-order valence-electron chi connectivity index (χ4n) is 2.84. The zero-order valence-electron chi connectivity index (χ0n) is 12.4. The molecule has 1 fully saturated rings. The zero-order chi connectivity index (χ0) is 16.4. The summed E-state index contributed by atoms with van der Waals surface area (Å²) in [5.74, 6) is -1.41. The lowest BCUT2D eigenvalue weighted by Crippen LogP contribution is -2.46. The fraction of sp³-hybridized carbons (Fsp3) is 0.375. The smallest absolute Gasteiger partial charge is 0.306 e. The SMILES string of the molecule is O=C(O)CC1CN(C(=O)Cc2c[nH]c3ccc(F)cc23)CCO1. The van der Waals surface area contributed by atoms with Crippen LogP contribution in [0.3, 0.4) is 0 Å². The van der Waals surface area contributed by atoms with Crippen molar-refractivity contribution in [3.05, 3.63) is 35.8 Å². The van der Waals surface area contributed by atoms with Gasteiger partial charge in [0.1, 0.15) is 5.82 Å². The molecule has 2 aromatic rings. The van der Waals surface area contributed by atoms with Gasteiger partial charge in [0, 0.05) is 30.2 Å². The monoisotopic (exact) mass is 320 g/mol. The molecular weight excluding hydrogens is 303 g/mol. The lowest BCUT2D eigenvalue weighted by atomic mass is 10.1. The normalized spacial score (nSPS) is 18.3. The first-order valence-corrected chi connectivity index (χ1v) is 7.39. The largest absolute Gasteiger partial charge is 0.481 e. The molecule has 0 bridgehead atoms. The third-order valence-electron chi connectivity index (χ3n) is 3.96. The van der Waals surface area contributed by atoms with Crippen molar-refractivity contribution < 1.29 is 23.8 Å². The van der Waals surface area contributed by atoms with Crippen molar-refractivity contribution in [3.63, 3.8) is 0 Å². The van der Waals surface area contributed by atoms with E-state index < -0.39 is 12.1 Å². The van der Waals surface area contributed by atoms with Gasteiger partial charge in [0.15, 0.2) is 0 Å². The highest BCUT2D eigenvalue weighted by Crippen LogP contribution is 2.21. The van der Waals surface area contributed by atoms with E-state index in [1.54, 1.807) is 17.2 Å². The number of benzene rings is 1. The van der Waals surface area contributed by atoms with E-state index >= 15 is 0 Å². The molecule has 0 spiro atoms. The molecule has 2 N–H and O–H groups in total. The Bertz CT molecular complexity index is 743. The summed E-state index contributed by atoms with van der Waals surface area (Å²) in [6, 6.07) is 4.40. The molecule has 1 atom stereocenters. The van der Waals surface area contributed by atoms with E-state index in [0.29, 0.717) is 18.5 Å². The van der Waals surface area contributed by atoms with Crippen LogP contribution in [0.5, 0.6) is 0 Å². The van der Waals surface area contributed by atoms with Crippen LogP contribution in [0, 0.1) is 5.82 Å². The summed E-state index contributed by atoms with van der Waals surface area (Å²) in [5, 5.41) is 9.51. The molecule has 3 rings (SSSR count). The first-order chi connectivity index (χ1) is 11.0. The van der Waals surface area contributed by atoms with Crippen molar-refractivity contribution in [1.29, 1.82) is 0 Å². The minimum absolute atomic E-state index is 0.117. The van der Waals surface area contributed by atoms with Gasteiger partial charge in [-0.2, -0.15) is 0 Å². The molecule has 1 aliphatic heterocycles. The number of amides is 1. The molecule has 0 saturated carbocycles. The number of morpholine rings is 1. The number of nitrogens with zero attached hydrogens (tertiary/aromatic N) is 1. The summed E-state index contributed by atoms with van der Waals surface area (Å²) < 4.78 is 18.7. The molecular formula is C16H17FN2O4. The molecule has 1 aromatic heterocycles. The zero-order valence-corrected chi connectivity index (χ0v) is 12.4. The lowest BCUT2D eigenvalue weighted by molar-refractivity contribution is -0.147. The Morgan fingerprint density at radius 1 is 1.43 bits per heavy atom. The number of hydrogen-bond donors (Lipinski definition) is 2. The first-order valence-electron chi connectivity index (χ1n) is 7.39. The Hall–Kier alpha value is -2.41. The second kappa shape index (κ2) is 6.37. The standard InChI is InChI=1S/C16H17FN2O4/c17-11-1-2-14-13(6-11)10(8-18-14)5-15(20)19-3-4-23-12(9-19)7-16(21)22/h1-2,6,8,12,18H,3-5,7,9H2,(H,21,22). The minimum atomic E-state index is -0.948. The number of halogens is 1. The summed E-state index contributed by atoms with van der Waals surface area (Å²) in [4.78, 5) is 27.8. The highest BCUT2D eigenvalue weighted by atomic mass is 19.1. The van der Waals surface area contributed by atoms with Crippen LogP contribution in [-0.4, -0.2) is 52.7 Å². The van der Waals surface area contributed by atoms with E-state index in [-0.39, 0.29) is 31.1 Å². The van der Waals surface area contributed by atoms with E-state index in [9.17, 15) is 14.0 Å². The molecule has 1 saturated heterocycles. The van der Waals surface area contributed by atoms with Crippen molar-refractivity contribution in [2.24, 2.45) is 0 Å². The predicted molar refractivity (Wildman–Crippen MR) is 80.5 cm³/mol. The number of carboxylic acids is 1. The maximum Gasteiger partial charge on any atom is 0.306 e. The molecule has 0 radical (unpaired) electrons. The molecule has 1 unspecified atom stereocenters. The molecule has 122 valence electrons. The number of carbonyl (C=O) groups is 2. The number of rotatable bonds is 4. The number of hydrogen-bond acceptors (Lipinski definition) is 3. The number of carbonyl (C=O) groups excluding carboxylic acids is 1. The highest BCUT2D eigenvalue weighted by Gasteiger charge is 2.26. The van der Waals surface area contributed by atoms with Crippen molar-refractivity contribution >= 4 is 22.8 Å². The van der Waals surface area contributed by atoms with E-state index in [2.05, 4.69) is 4.98 Å². The van der Waals surface area contributed by atoms with Crippen molar-refractivity contribution in [2.45, 2.75) is 18.9 Å². The van der Waals surface area contributed by atoms with Crippen molar-refractivity contribution in [3.8, 4) is 0 Å². The molecule has 7 heteroatoms. The number of aliphatic carboxylic acids is 1. The molecule has 0 aliphatic carbocycles. The van der Waals surface area contributed by atoms with E-state index in [1.807, 2.05) is 0 Å². The Balaban J connectivity index is 1.70. The van der Waals surface area contributed by atoms with E-state index in [1.165, 1.54) is 12.1 Å². The fourth-order valence-corrected chi connectivity index (χ4v) is 2.84. The maximum absolute atomic E-state index is 13.4. The van der Waals surface area contributed by atoms with Gasteiger partial charge in [-0.3, -0.25) is 9.59 Å². The van der Waals surface area contributed by atoms with Crippen LogP contribution >= 0.6 is 0 Å². The van der Waals surface area contributed by atoms with Crippen LogP contribution in [0.4, 0.5) is 4.39 Å². The van der Waals surface area contributed by atoms with Gasteiger partial charge >= 0.3 is 5.97 Å². The van der Waals surface area contributed by atoms with Crippen LogP contribution in [0.25, 0.3) is 10.9 Å². The quantitative estimate of drug-likeness (QED) is 0.895. The van der Waals surface area contributed by atoms with Gasteiger partial charge in [-0.15, -0.1) is 0 Å². The lowest BCUT2D eigenvalue weighted by Gasteiger charge is -2.32. The summed E-state index contributed by atoms with van der Waals surface area (Å²) in [7, 11) is 0. The number of ether oxygens (including phenoxy) is 1. The average Bonchev–Trinajstić information content (AvgIpc) is 2.89. The van der Waals surface area contributed by atoms with E-state index in [0.717, 1.165) is 11.1 Å². The van der Waals surface area contributed by atoms with Gasteiger partial charge < -0.3 is 19.7 Å². The van der Waals surface area contributed by atoms with Crippen molar-refractivity contribution in [2.75, 3.05) is 19.7 Å².